The minimum Gasteiger partial charge on any atom is -0.343 e. The molecule has 1 aliphatic heterocycles. The van der Waals surface area contributed by atoms with Crippen LogP contribution in [0, 0.1) is 12.7 Å². The SMILES string of the molecule is C=C(C(=O)NC1(/C(=C/CCC)N(C)NC)CC(F)(F)C1)c1c(C)c(C(=O)Nc2ccc(F)cc2)c2n1CCC2. The minimum atomic E-state index is -2.90. The summed E-state index contributed by atoms with van der Waals surface area (Å²) in [5.74, 6) is -4.22. The molecule has 0 spiro atoms. The van der Waals surface area contributed by atoms with Crippen LogP contribution in [0.4, 0.5) is 18.9 Å². The van der Waals surface area contributed by atoms with E-state index in [2.05, 4.69) is 22.6 Å². The molecule has 0 radical (unpaired) electrons. The molecule has 0 bridgehead atoms. The van der Waals surface area contributed by atoms with Crippen LogP contribution >= 0.6 is 0 Å². The molecule has 1 fully saturated rings. The van der Waals surface area contributed by atoms with E-state index in [0.717, 1.165) is 18.5 Å². The van der Waals surface area contributed by atoms with Crippen LogP contribution in [0.1, 0.15) is 66.3 Å². The number of alkyl halides is 2. The minimum absolute atomic E-state index is 0.119. The van der Waals surface area contributed by atoms with Gasteiger partial charge in [-0.25, -0.2) is 18.6 Å². The Morgan fingerprint density at radius 1 is 1.21 bits per heavy atom. The zero-order valence-corrected chi connectivity index (χ0v) is 22.9. The van der Waals surface area contributed by atoms with Crippen LogP contribution in [0.25, 0.3) is 5.57 Å². The van der Waals surface area contributed by atoms with Crippen molar-refractivity contribution < 1.29 is 22.8 Å². The molecular formula is C29H36F3N5O2. The summed E-state index contributed by atoms with van der Waals surface area (Å²) >= 11 is 0. The van der Waals surface area contributed by atoms with Gasteiger partial charge >= 0.3 is 0 Å². The van der Waals surface area contributed by atoms with Crippen molar-refractivity contribution in [2.45, 2.75) is 70.4 Å². The zero-order chi connectivity index (χ0) is 28.5. The number of fused-ring (bicyclic) bond motifs is 1. The second-order valence-electron chi connectivity index (χ2n) is 10.4. The molecule has 2 amide bonds. The fraction of sp³-hybridized carbons (Fsp3) is 0.448. The van der Waals surface area contributed by atoms with Gasteiger partial charge in [0.1, 0.15) is 5.82 Å². The van der Waals surface area contributed by atoms with E-state index in [1.165, 1.54) is 24.3 Å². The lowest BCUT2D eigenvalue weighted by atomic mass is 9.70. The lowest BCUT2D eigenvalue weighted by molar-refractivity contribution is -0.140. The highest BCUT2D eigenvalue weighted by atomic mass is 19.3. The largest absolute Gasteiger partial charge is 0.343 e. The molecule has 4 rings (SSSR count). The molecule has 10 heteroatoms. The molecule has 0 unspecified atom stereocenters. The van der Waals surface area contributed by atoms with E-state index in [0.29, 0.717) is 47.6 Å². The molecule has 1 saturated carbocycles. The monoisotopic (exact) mass is 543 g/mol. The van der Waals surface area contributed by atoms with Crippen molar-refractivity contribution in [3.8, 4) is 0 Å². The molecule has 2 heterocycles. The molecule has 1 aliphatic carbocycles. The number of anilines is 1. The molecule has 0 saturated heterocycles. The third-order valence-electron chi connectivity index (χ3n) is 7.59. The number of hydrogen-bond donors (Lipinski definition) is 3. The molecule has 7 nitrogen and oxygen atoms in total. The quantitative estimate of drug-likeness (QED) is 0.285. The Balaban J connectivity index is 1.64. The van der Waals surface area contributed by atoms with E-state index in [9.17, 15) is 22.8 Å². The van der Waals surface area contributed by atoms with Crippen molar-refractivity contribution in [3.63, 3.8) is 0 Å². The maximum Gasteiger partial charge on any atom is 0.257 e. The maximum absolute atomic E-state index is 14.3. The number of halogens is 3. The highest BCUT2D eigenvalue weighted by Crippen LogP contribution is 2.50. The smallest absolute Gasteiger partial charge is 0.257 e. The number of nitrogens with zero attached hydrogens (tertiary/aromatic N) is 2. The lowest BCUT2D eigenvalue weighted by Gasteiger charge is -2.51. The van der Waals surface area contributed by atoms with E-state index in [4.69, 9.17) is 0 Å². The molecule has 3 N–H and O–H groups in total. The summed E-state index contributed by atoms with van der Waals surface area (Å²) in [5.41, 5.74) is 5.21. The Labute approximate surface area is 227 Å². The molecule has 1 aromatic carbocycles. The number of hydrazine groups is 1. The summed E-state index contributed by atoms with van der Waals surface area (Å²) in [6, 6.07) is 5.48. The summed E-state index contributed by atoms with van der Waals surface area (Å²) in [6.45, 7) is 8.41. The fourth-order valence-electron chi connectivity index (χ4n) is 5.76. The average molecular weight is 544 g/mol. The molecular weight excluding hydrogens is 507 g/mol. The topological polar surface area (TPSA) is 78.4 Å². The number of unbranched alkanes of at least 4 members (excludes halogenated alkanes) is 1. The number of nitrogens with one attached hydrogen (secondary N) is 3. The third kappa shape index (κ3) is 5.48. The van der Waals surface area contributed by atoms with E-state index in [1.54, 1.807) is 26.0 Å². The van der Waals surface area contributed by atoms with E-state index in [-0.39, 0.29) is 11.5 Å². The fourth-order valence-corrected chi connectivity index (χ4v) is 5.76. The highest BCUT2D eigenvalue weighted by molar-refractivity contribution is 6.20. The van der Waals surface area contributed by atoms with Crippen molar-refractivity contribution in [3.05, 3.63) is 70.9 Å². The van der Waals surface area contributed by atoms with E-state index in [1.807, 2.05) is 17.6 Å². The number of carbonyl (C=O) groups is 2. The zero-order valence-electron chi connectivity index (χ0n) is 22.9. The first kappa shape index (κ1) is 28.5. The van der Waals surface area contributed by atoms with Gasteiger partial charge in [-0.1, -0.05) is 26.0 Å². The number of aromatic nitrogens is 1. The Kier molecular flexibility index (Phi) is 7.97. The van der Waals surface area contributed by atoms with Gasteiger partial charge in [0.2, 0.25) is 0 Å². The second-order valence-corrected chi connectivity index (χ2v) is 10.4. The van der Waals surface area contributed by atoms with Gasteiger partial charge in [0.05, 0.1) is 28.1 Å². The van der Waals surface area contributed by atoms with Gasteiger partial charge in [0, 0.05) is 44.9 Å². The summed E-state index contributed by atoms with van der Waals surface area (Å²) in [6.07, 6.45) is 3.79. The summed E-state index contributed by atoms with van der Waals surface area (Å²) < 4.78 is 43.8. The van der Waals surface area contributed by atoms with Crippen molar-refractivity contribution in [2.24, 2.45) is 0 Å². The van der Waals surface area contributed by atoms with E-state index >= 15 is 0 Å². The van der Waals surface area contributed by atoms with Crippen LogP contribution in [-0.4, -0.2) is 46.9 Å². The highest BCUT2D eigenvalue weighted by Gasteiger charge is 2.60. The summed E-state index contributed by atoms with van der Waals surface area (Å²) in [7, 11) is 3.42. The van der Waals surface area contributed by atoms with Gasteiger partial charge in [0.15, 0.2) is 0 Å². The average Bonchev–Trinajstić information content (AvgIpc) is 3.43. The van der Waals surface area contributed by atoms with Crippen LogP contribution in [0.15, 0.2) is 42.6 Å². The summed E-state index contributed by atoms with van der Waals surface area (Å²) in [4.78, 5) is 26.9. The van der Waals surface area contributed by atoms with Crippen molar-refractivity contribution in [1.82, 2.24) is 20.3 Å². The lowest BCUT2D eigenvalue weighted by Crippen LogP contribution is -2.66. The molecule has 2 aliphatic rings. The number of hydrogen-bond acceptors (Lipinski definition) is 4. The Morgan fingerprint density at radius 3 is 2.46 bits per heavy atom. The Bertz CT molecular complexity index is 1310. The van der Waals surface area contributed by atoms with Crippen molar-refractivity contribution >= 4 is 23.1 Å². The van der Waals surface area contributed by atoms with Gasteiger partial charge in [-0.05, 0) is 56.0 Å². The number of likely N-dealkylation sites (N-methyl/N-ethyl adjacent to an activating group) is 1. The number of rotatable bonds is 10. The first-order chi connectivity index (χ1) is 18.4. The molecule has 210 valence electrons. The van der Waals surface area contributed by atoms with Gasteiger partial charge < -0.3 is 20.2 Å². The summed E-state index contributed by atoms with van der Waals surface area (Å²) in [5, 5.41) is 7.35. The second kappa shape index (κ2) is 10.9. The van der Waals surface area contributed by atoms with Crippen molar-refractivity contribution in [2.75, 3.05) is 19.4 Å². The third-order valence-corrected chi connectivity index (χ3v) is 7.59. The predicted octanol–water partition coefficient (Wildman–Crippen LogP) is 5.18. The molecule has 0 atom stereocenters. The molecule has 1 aromatic heterocycles. The Morgan fingerprint density at radius 2 is 1.87 bits per heavy atom. The van der Waals surface area contributed by atoms with Crippen LogP contribution in [-0.2, 0) is 17.8 Å². The first-order valence-corrected chi connectivity index (χ1v) is 13.2. The number of amides is 2. The van der Waals surface area contributed by atoms with Crippen LogP contribution in [0.3, 0.4) is 0 Å². The maximum atomic E-state index is 14.3. The van der Waals surface area contributed by atoms with Gasteiger partial charge in [-0.3, -0.25) is 9.59 Å². The first-order valence-electron chi connectivity index (χ1n) is 13.2. The Hall–Kier alpha value is -3.53. The predicted molar refractivity (Wildman–Crippen MR) is 146 cm³/mol. The number of allylic oxidation sites excluding steroid dienone is 1. The normalized spacial score (nSPS) is 17.3. The number of carbonyl (C=O) groups excluding carboxylic acids is 2. The van der Waals surface area contributed by atoms with Gasteiger partial charge in [0.25, 0.3) is 17.7 Å². The molecule has 2 aromatic rings. The van der Waals surface area contributed by atoms with Crippen LogP contribution < -0.4 is 16.1 Å². The van der Waals surface area contributed by atoms with Gasteiger partial charge in [-0.2, -0.15) is 0 Å². The van der Waals surface area contributed by atoms with Crippen molar-refractivity contribution in [1.29, 1.82) is 0 Å². The van der Waals surface area contributed by atoms with E-state index < -0.39 is 36.0 Å². The standard InChI is InChI=1S/C29H36F3N5O2/c1-6-7-10-23(36(5)33-4)28(16-29(31,32)17-28)35-26(38)19(3)25-18(2)24(22-9-8-15-37(22)25)27(39)34-21-13-11-20(30)12-14-21/h10-14,33H,3,6-9,15-17H2,1-2,4-5H3,(H,34,39)(H,35,38)/b23-10-. The van der Waals surface area contributed by atoms with Crippen LogP contribution in [0.5, 0.6) is 0 Å². The number of benzene rings is 1. The van der Waals surface area contributed by atoms with Crippen LogP contribution in [0.2, 0.25) is 0 Å². The molecule has 39 heavy (non-hydrogen) atoms. The van der Waals surface area contributed by atoms with Gasteiger partial charge in [-0.15, -0.1) is 0 Å².